The number of benzene rings is 1. The Morgan fingerprint density at radius 3 is 2.75 bits per heavy atom. The van der Waals surface area contributed by atoms with Crippen LogP contribution in [0.3, 0.4) is 0 Å². The van der Waals surface area contributed by atoms with Crippen molar-refractivity contribution in [3.05, 3.63) is 46.1 Å². The lowest BCUT2D eigenvalue weighted by molar-refractivity contribution is 0.630. The molecule has 3 aromatic rings. The minimum absolute atomic E-state index is 0.171. The van der Waals surface area contributed by atoms with Gasteiger partial charge in [-0.05, 0) is 25.1 Å². The summed E-state index contributed by atoms with van der Waals surface area (Å²) in [5.74, 6) is -0.300. The lowest BCUT2D eigenvalue weighted by Crippen LogP contribution is -2.04. The highest BCUT2D eigenvalue weighted by molar-refractivity contribution is 6.07. The summed E-state index contributed by atoms with van der Waals surface area (Å²) in [4.78, 5) is 17.2. The summed E-state index contributed by atoms with van der Waals surface area (Å²) in [7, 11) is 0. The molecule has 0 bridgehead atoms. The number of H-pyrrole nitrogens is 2. The van der Waals surface area contributed by atoms with E-state index in [0.29, 0.717) is 0 Å². The predicted octanol–water partition coefficient (Wildman–Crippen LogP) is 2.46. The Morgan fingerprint density at radius 2 is 1.94 bits per heavy atom. The molecule has 0 radical (unpaired) electrons. The zero-order valence-electron chi connectivity index (χ0n) is 8.60. The molecule has 0 aliphatic rings. The van der Waals surface area contributed by atoms with E-state index in [9.17, 15) is 9.18 Å². The van der Waals surface area contributed by atoms with E-state index >= 15 is 0 Å². The first-order valence-corrected chi connectivity index (χ1v) is 4.96. The van der Waals surface area contributed by atoms with Crippen LogP contribution >= 0.6 is 0 Å². The maximum atomic E-state index is 13.1. The maximum Gasteiger partial charge on any atom is 0.248 e. The average Bonchev–Trinajstić information content (AvgIpc) is 2.57. The number of fused-ring (bicyclic) bond motifs is 3. The third kappa shape index (κ3) is 1.16. The molecular weight excluding hydrogens is 207 g/mol. The van der Waals surface area contributed by atoms with Crippen molar-refractivity contribution in [1.29, 1.82) is 0 Å². The van der Waals surface area contributed by atoms with Gasteiger partial charge >= 0.3 is 0 Å². The van der Waals surface area contributed by atoms with Gasteiger partial charge in [0.25, 0.3) is 0 Å². The number of hydrogen-bond acceptors (Lipinski definition) is 1. The fourth-order valence-electron chi connectivity index (χ4n) is 2.05. The molecule has 0 aliphatic carbocycles. The second-order valence-electron chi connectivity index (χ2n) is 3.86. The number of rotatable bonds is 0. The molecule has 0 saturated carbocycles. The van der Waals surface area contributed by atoms with Crippen LogP contribution in [0.25, 0.3) is 21.8 Å². The molecule has 4 heteroatoms. The summed E-state index contributed by atoms with van der Waals surface area (Å²) in [6, 6.07) is 6.00. The Labute approximate surface area is 89.9 Å². The van der Waals surface area contributed by atoms with E-state index in [4.69, 9.17) is 0 Å². The number of hydrogen-bond donors (Lipinski definition) is 2. The number of aromatic nitrogens is 2. The lowest BCUT2D eigenvalue weighted by Gasteiger charge is -1.94. The SMILES string of the molecule is Cc1[nH]c(=O)cc2c1[nH]c1ccc(F)cc12. The molecule has 2 heterocycles. The zero-order valence-corrected chi connectivity index (χ0v) is 8.60. The molecule has 0 unspecified atom stereocenters. The number of pyridine rings is 1. The molecule has 0 spiro atoms. The molecule has 2 N–H and O–H groups in total. The Kier molecular flexibility index (Phi) is 1.68. The Hall–Kier alpha value is -2.10. The van der Waals surface area contributed by atoms with Gasteiger partial charge in [0.15, 0.2) is 0 Å². The molecule has 0 aliphatic heterocycles. The molecule has 1 aromatic carbocycles. The minimum Gasteiger partial charge on any atom is -0.353 e. The minimum atomic E-state index is -0.300. The van der Waals surface area contributed by atoms with E-state index in [-0.39, 0.29) is 11.4 Å². The third-order valence-corrected chi connectivity index (χ3v) is 2.76. The first kappa shape index (κ1) is 9.15. The van der Waals surface area contributed by atoms with Gasteiger partial charge in [0.1, 0.15) is 5.82 Å². The second-order valence-corrected chi connectivity index (χ2v) is 3.86. The molecular formula is C12H9FN2O. The van der Waals surface area contributed by atoms with Crippen molar-refractivity contribution >= 4 is 21.8 Å². The van der Waals surface area contributed by atoms with Gasteiger partial charge in [0.2, 0.25) is 5.56 Å². The van der Waals surface area contributed by atoms with Gasteiger partial charge in [-0.15, -0.1) is 0 Å². The van der Waals surface area contributed by atoms with Crippen molar-refractivity contribution in [2.24, 2.45) is 0 Å². The number of aromatic amines is 2. The van der Waals surface area contributed by atoms with E-state index in [1.807, 2.05) is 6.92 Å². The quantitative estimate of drug-likeness (QED) is 0.595. The van der Waals surface area contributed by atoms with Crippen molar-refractivity contribution < 1.29 is 4.39 Å². The van der Waals surface area contributed by atoms with Gasteiger partial charge in [0, 0.05) is 28.0 Å². The molecule has 0 amide bonds. The van der Waals surface area contributed by atoms with Crippen LogP contribution in [0.4, 0.5) is 4.39 Å². The van der Waals surface area contributed by atoms with Gasteiger partial charge in [0.05, 0.1) is 5.52 Å². The van der Waals surface area contributed by atoms with Gasteiger partial charge < -0.3 is 9.97 Å². The van der Waals surface area contributed by atoms with E-state index in [2.05, 4.69) is 9.97 Å². The van der Waals surface area contributed by atoms with Crippen LogP contribution in [0.2, 0.25) is 0 Å². The largest absolute Gasteiger partial charge is 0.353 e. The molecule has 3 nitrogen and oxygen atoms in total. The highest BCUT2D eigenvalue weighted by atomic mass is 19.1. The summed E-state index contributed by atoms with van der Waals surface area (Å²) in [5, 5.41) is 1.50. The van der Waals surface area contributed by atoms with Crippen LogP contribution in [0, 0.1) is 12.7 Å². The highest BCUT2D eigenvalue weighted by Crippen LogP contribution is 2.25. The average molecular weight is 216 g/mol. The smallest absolute Gasteiger partial charge is 0.248 e. The van der Waals surface area contributed by atoms with Crippen LogP contribution in [-0.2, 0) is 0 Å². The third-order valence-electron chi connectivity index (χ3n) is 2.76. The normalized spacial score (nSPS) is 11.4. The second kappa shape index (κ2) is 2.95. The van der Waals surface area contributed by atoms with Crippen LogP contribution in [-0.4, -0.2) is 9.97 Å². The highest BCUT2D eigenvalue weighted by Gasteiger charge is 2.07. The van der Waals surface area contributed by atoms with Crippen LogP contribution < -0.4 is 5.56 Å². The molecule has 3 rings (SSSR count). The van der Waals surface area contributed by atoms with E-state index in [1.165, 1.54) is 18.2 Å². The monoisotopic (exact) mass is 216 g/mol. The molecule has 80 valence electrons. The lowest BCUT2D eigenvalue weighted by atomic mass is 10.1. The molecule has 0 saturated heterocycles. The summed E-state index contributed by atoms with van der Waals surface area (Å²) in [6.07, 6.45) is 0. The standard InChI is InChI=1S/C12H9FN2O/c1-6-12-9(5-11(16)14-6)8-4-7(13)2-3-10(8)15-12/h2-5,15H,1H3,(H,14,16). The van der Waals surface area contributed by atoms with Crippen molar-refractivity contribution in [3.63, 3.8) is 0 Å². The predicted molar refractivity (Wildman–Crippen MR) is 61.1 cm³/mol. The summed E-state index contributed by atoms with van der Waals surface area (Å²) in [5.41, 5.74) is 2.27. The summed E-state index contributed by atoms with van der Waals surface area (Å²) < 4.78 is 13.1. The van der Waals surface area contributed by atoms with Crippen LogP contribution in [0.15, 0.2) is 29.1 Å². The Balaban J connectivity index is 2.62. The van der Waals surface area contributed by atoms with Crippen molar-refractivity contribution in [1.82, 2.24) is 9.97 Å². The molecule has 16 heavy (non-hydrogen) atoms. The number of nitrogens with one attached hydrogen (secondary N) is 2. The van der Waals surface area contributed by atoms with E-state index < -0.39 is 0 Å². The Bertz CT molecular complexity index is 755. The fourth-order valence-corrected chi connectivity index (χ4v) is 2.05. The topological polar surface area (TPSA) is 48.6 Å². The molecule has 2 aromatic heterocycles. The van der Waals surface area contributed by atoms with E-state index in [1.54, 1.807) is 6.07 Å². The van der Waals surface area contributed by atoms with Crippen molar-refractivity contribution in [3.8, 4) is 0 Å². The number of halogens is 1. The first-order valence-electron chi connectivity index (χ1n) is 4.96. The van der Waals surface area contributed by atoms with Crippen molar-refractivity contribution in [2.45, 2.75) is 6.92 Å². The molecule has 0 atom stereocenters. The van der Waals surface area contributed by atoms with Gasteiger partial charge in [-0.1, -0.05) is 0 Å². The first-order chi connectivity index (χ1) is 7.65. The van der Waals surface area contributed by atoms with Gasteiger partial charge in [-0.25, -0.2) is 4.39 Å². The van der Waals surface area contributed by atoms with Crippen LogP contribution in [0.1, 0.15) is 5.69 Å². The van der Waals surface area contributed by atoms with Crippen LogP contribution in [0.5, 0.6) is 0 Å². The van der Waals surface area contributed by atoms with E-state index in [0.717, 1.165) is 27.5 Å². The zero-order chi connectivity index (χ0) is 11.3. The maximum absolute atomic E-state index is 13.1. The summed E-state index contributed by atoms with van der Waals surface area (Å²) in [6.45, 7) is 1.81. The molecule has 0 fully saturated rings. The van der Waals surface area contributed by atoms with Gasteiger partial charge in [-0.2, -0.15) is 0 Å². The fraction of sp³-hybridized carbons (Fsp3) is 0.0833. The summed E-state index contributed by atoms with van der Waals surface area (Å²) >= 11 is 0. The van der Waals surface area contributed by atoms with Gasteiger partial charge in [-0.3, -0.25) is 4.79 Å². The number of aryl methyl sites for hydroxylation is 1. The van der Waals surface area contributed by atoms with Crippen molar-refractivity contribution in [2.75, 3.05) is 0 Å². The Morgan fingerprint density at radius 1 is 1.12 bits per heavy atom.